The van der Waals surface area contributed by atoms with Gasteiger partial charge in [-0.3, -0.25) is 14.9 Å². The summed E-state index contributed by atoms with van der Waals surface area (Å²) in [6.07, 6.45) is -0.0300. The molecular weight excluding hydrogens is 228 g/mol. The molecule has 92 valence electrons. The van der Waals surface area contributed by atoms with Gasteiger partial charge in [-0.05, 0) is 13.0 Å². The van der Waals surface area contributed by atoms with Crippen molar-refractivity contribution >= 4 is 11.8 Å². The van der Waals surface area contributed by atoms with E-state index in [1.807, 2.05) is 6.92 Å². The highest BCUT2D eigenvalue weighted by Gasteiger charge is 2.26. The number of nitrogens with zero attached hydrogens (tertiary/aromatic N) is 2. The Bertz CT molecular complexity index is 442. The zero-order chi connectivity index (χ0) is 12.4. The van der Waals surface area contributed by atoms with Crippen molar-refractivity contribution in [1.82, 2.24) is 4.90 Å². The minimum atomic E-state index is -0.668. The third-order valence-electron chi connectivity index (χ3n) is 2.51. The maximum atomic E-state index is 11.9. The van der Waals surface area contributed by atoms with Crippen LogP contribution in [0.2, 0.25) is 0 Å². The molecule has 0 aromatic carbocycles. The van der Waals surface area contributed by atoms with Gasteiger partial charge in [-0.2, -0.15) is 0 Å². The molecule has 17 heavy (non-hydrogen) atoms. The van der Waals surface area contributed by atoms with Crippen molar-refractivity contribution in [2.45, 2.75) is 13.0 Å². The number of ether oxygens (including phenoxy) is 1. The third kappa shape index (κ3) is 2.44. The number of morpholine rings is 1. The molecule has 1 aliphatic rings. The molecule has 0 radical (unpaired) electrons. The van der Waals surface area contributed by atoms with Crippen LogP contribution in [0.4, 0.5) is 5.88 Å². The van der Waals surface area contributed by atoms with E-state index in [9.17, 15) is 14.9 Å². The summed E-state index contributed by atoms with van der Waals surface area (Å²) in [6.45, 7) is 3.27. The zero-order valence-electron chi connectivity index (χ0n) is 9.29. The summed E-state index contributed by atoms with van der Waals surface area (Å²) in [6, 6.07) is 2.50. The number of amides is 1. The van der Waals surface area contributed by atoms with E-state index in [4.69, 9.17) is 9.15 Å². The van der Waals surface area contributed by atoms with Gasteiger partial charge >= 0.3 is 5.88 Å². The Hall–Kier alpha value is -1.89. The maximum absolute atomic E-state index is 11.9. The zero-order valence-corrected chi connectivity index (χ0v) is 9.29. The largest absolute Gasteiger partial charge is 0.433 e. The van der Waals surface area contributed by atoms with Gasteiger partial charge in [0.2, 0.25) is 0 Å². The standard InChI is InChI=1S/C10H12N2O5/c1-7-6-11(4-5-16-7)10(13)8-2-3-9(17-8)12(14)15/h2-3,7H,4-6H2,1H3. The Morgan fingerprint density at radius 3 is 2.94 bits per heavy atom. The van der Waals surface area contributed by atoms with Crippen molar-refractivity contribution in [3.63, 3.8) is 0 Å². The van der Waals surface area contributed by atoms with E-state index in [-0.39, 0.29) is 17.8 Å². The molecule has 1 atom stereocenters. The first-order valence-electron chi connectivity index (χ1n) is 5.23. The highest BCUT2D eigenvalue weighted by Crippen LogP contribution is 2.18. The van der Waals surface area contributed by atoms with Gasteiger partial charge < -0.3 is 14.1 Å². The van der Waals surface area contributed by atoms with Crippen molar-refractivity contribution < 1.29 is 18.9 Å². The highest BCUT2D eigenvalue weighted by atomic mass is 16.6. The van der Waals surface area contributed by atoms with E-state index in [1.165, 1.54) is 12.1 Å². The highest BCUT2D eigenvalue weighted by molar-refractivity contribution is 5.91. The molecule has 1 saturated heterocycles. The molecule has 0 aliphatic carbocycles. The van der Waals surface area contributed by atoms with Crippen LogP contribution in [0.15, 0.2) is 16.5 Å². The monoisotopic (exact) mass is 240 g/mol. The predicted octanol–water partition coefficient (Wildman–Crippen LogP) is 1.05. The van der Waals surface area contributed by atoms with Crippen LogP contribution >= 0.6 is 0 Å². The molecule has 0 saturated carbocycles. The van der Waals surface area contributed by atoms with E-state index >= 15 is 0 Å². The first-order chi connectivity index (χ1) is 8.08. The number of hydrogen-bond acceptors (Lipinski definition) is 5. The van der Waals surface area contributed by atoms with Crippen LogP contribution in [0.25, 0.3) is 0 Å². The van der Waals surface area contributed by atoms with Crippen molar-refractivity contribution in [2.75, 3.05) is 19.7 Å². The second kappa shape index (κ2) is 4.54. The molecule has 7 heteroatoms. The van der Waals surface area contributed by atoms with Crippen molar-refractivity contribution in [2.24, 2.45) is 0 Å². The fourth-order valence-corrected chi connectivity index (χ4v) is 1.70. The average molecular weight is 240 g/mol. The summed E-state index contributed by atoms with van der Waals surface area (Å²) in [5, 5.41) is 10.4. The quantitative estimate of drug-likeness (QED) is 0.569. The lowest BCUT2D eigenvalue weighted by Gasteiger charge is -2.30. The summed E-state index contributed by atoms with van der Waals surface area (Å²) < 4.78 is 10.2. The first kappa shape index (κ1) is 11.6. The van der Waals surface area contributed by atoms with Crippen LogP contribution < -0.4 is 0 Å². The van der Waals surface area contributed by atoms with E-state index < -0.39 is 10.8 Å². The van der Waals surface area contributed by atoms with Gasteiger partial charge in [0.25, 0.3) is 5.91 Å². The molecule has 2 rings (SSSR count). The van der Waals surface area contributed by atoms with Gasteiger partial charge in [0.15, 0.2) is 5.76 Å². The van der Waals surface area contributed by atoms with E-state index in [0.717, 1.165) is 0 Å². The fourth-order valence-electron chi connectivity index (χ4n) is 1.70. The number of carbonyl (C=O) groups excluding carboxylic acids is 1. The van der Waals surface area contributed by atoms with Crippen LogP contribution in [0, 0.1) is 10.1 Å². The lowest BCUT2D eigenvalue weighted by atomic mass is 10.3. The van der Waals surface area contributed by atoms with Crippen molar-refractivity contribution in [3.8, 4) is 0 Å². The maximum Gasteiger partial charge on any atom is 0.433 e. The molecule has 1 aromatic rings. The van der Waals surface area contributed by atoms with E-state index in [2.05, 4.69) is 0 Å². The Labute approximate surface area is 97.1 Å². The third-order valence-corrected chi connectivity index (χ3v) is 2.51. The number of furan rings is 1. The Morgan fingerprint density at radius 2 is 2.35 bits per heavy atom. The topological polar surface area (TPSA) is 85.8 Å². The van der Waals surface area contributed by atoms with Crippen LogP contribution in [-0.4, -0.2) is 41.5 Å². The molecule has 0 bridgehead atoms. The van der Waals surface area contributed by atoms with E-state index in [1.54, 1.807) is 4.90 Å². The smallest absolute Gasteiger partial charge is 0.395 e. The lowest BCUT2D eigenvalue weighted by Crippen LogP contribution is -2.44. The molecule has 2 heterocycles. The van der Waals surface area contributed by atoms with Gasteiger partial charge in [-0.15, -0.1) is 0 Å². The lowest BCUT2D eigenvalue weighted by molar-refractivity contribution is -0.402. The molecule has 1 fully saturated rings. The number of hydrogen-bond donors (Lipinski definition) is 0. The molecule has 1 amide bonds. The summed E-state index contributed by atoms with van der Waals surface area (Å²) in [4.78, 5) is 23.3. The fraction of sp³-hybridized carbons (Fsp3) is 0.500. The Morgan fingerprint density at radius 1 is 1.59 bits per heavy atom. The van der Waals surface area contributed by atoms with Gasteiger partial charge in [0.1, 0.15) is 4.92 Å². The van der Waals surface area contributed by atoms with E-state index in [0.29, 0.717) is 19.7 Å². The average Bonchev–Trinajstić information content (AvgIpc) is 2.77. The summed E-state index contributed by atoms with van der Waals surface area (Å²) in [5.41, 5.74) is 0. The SMILES string of the molecule is CC1CN(C(=O)c2ccc([N+](=O)[O-])o2)CCO1. The minimum Gasteiger partial charge on any atom is -0.395 e. The minimum absolute atomic E-state index is 0.00852. The second-order valence-electron chi connectivity index (χ2n) is 3.83. The molecule has 1 aliphatic heterocycles. The molecule has 0 spiro atoms. The van der Waals surface area contributed by atoms with Gasteiger partial charge in [-0.25, -0.2) is 0 Å². The Balaban J connectivity index is 2.10. The number of nitro groups is 1. The van der Waals surface area contributed by atoms with Crippen molar-refractivity contribution in [1.29, 1.82) is 0 Å². The summed E-state index contributed by atoms with van der Waals surface area (Å²) >= 11 is 0. The van der Waals surface area contributed by atoms with Crippen LogP contribution in [0.3, 0.4) is 0 Å². The number of carbonyl (C=O) groups is 1. The molecule has 7 nitrogen and oxygen atoms in total. The second-order valence-corrected chi connectivity index (χ2v) is 3.83. The first-order valence-corrected chi connectivity index (χ1v) is 5.23. The van der Waals surface area contributed by atoms with Crippen LogP contribution in [-0.2, 0) is 4.74 Å². The van der Waals surface area contributed by atoms with Gasteiger partial charge in [-0.1, -0.05) is 0 Å². The molecule has 0 N–H and O–H groups in total. The Kier molecular flexibility index (Phi) is 3.10. The summed E-state index contributed by atoms with van der Waals surface area (Å²) in [5.74, 6) is -0.770. The predicted molar refractivity (Wildman–Crippen MR) is 56.7 cm³/mol. The van der Waals surface area contributed by atoms with Gasteiger partial charge in [0.05, 0.1) is 18.8 Å². The van der Waals surface area contributed by atoms with Crippen molar-refractivity contribution in [3.05, 3.63) is 28.0 Å². The van der Waals surface area contributed by atoms with Gasteiger partial charge in [0, 0.05) is 13.1 Å². The number of rotatable bonds is 2. The molecule has 1 unspecified atom stereocenters. The normalized spacial score (nSPS) is 20.3. The molecular formula is C10H12N2O5. The summed E-state index contributed by atoms with van der Waals surface area (Å²) in [7, 11) is 0. The molecule has 1 aromatic heterocycles. The van der Waals surface area contributed by atoms with Crippen LogP contribution in [0.1, 0.15) is 17.5 Å². The van der Waals surface area contributed by atoms with Crippen LogP contribution in [0.5, 0.6) is 0 Å².